The van der Waals surface area contributed by atoms with Crippen LogP contribution in [0.3, 0.4) is 0 Å². The van der Waals surface area contributed by atoms with Gasteiger partial charge in [0.05, 0.1) is 13.2 Å². The van der Waals surface area contributed by atoms with E-state index < -0.39 is 0 Å². The number of hydrogen-bond acceptors (Lipinski definition) is 3. The molecule has 1 aromatic rings. The van der Waals surface area contributed by atoms with Gasteiger partial charge in [0, 0.05) is 5.54 Å². The summed E-state index contributed by atoms with van der Waals surface area (Å²) >= 11 is 0. The summed E-state index contributed by atoms with van der Waals surface area (Å²) in [6.45, 7) is 0.768. The van der Waals surface area contributed by atoms with E-state index in [4.69, 9.17) is 4.74 Å². The molecular formula is C15H22FNO2. The van der Waals surface area contributed by atoms with Crippen LogP contribution in [0.4, 0.5) is 4.39 Å². The second-order valence-corrected chi connectivity index (χ2v) is 5.24. The fourth-order valence-electron chi connectivity index (χ4n) is 3.03. The van der Waals surface area contributed by atoms with Crippen molar-refractivity contribution < 1.29 is 14.2 Å². The number of hydrogen-bond donors (Lipinski definition) is 2. The quantitative estimate of drug-likeness (QED) is 0.831. The fourth-order valence-corrected chi connectivity index (χ4v) is 3.03. The third-order valence-corrected chi connectivity index (χ3v) is 4.29. The van der Waals surface area contributed by atoms with E-state index in [1.807, 2.05) is 7.05 Å². The van der Waals surface area contributed by atoms with Crippen LogP contribution in [0.5, 0.6) is 5.75 Å². The van der Waals surface area contributed by atoms with Crippen LogP contribution in [0, 0.1) is 11.7 Å². The number of ether oxygens (including phenoxy) is 1. The summed E-state index contributed by atoms with van der Waals surface area (Å²) < 4.78 is 18.4. The molecule has 2 N–H and O–H groups in total. The minimum atomic E-state index is -0.252. The molecule has 1 aromatic carbocycles. The van der Waals surface area contributed by atoms with Crippen molar-refractivity contribution in [2.24, 2.45) is 5.92 Å². The lowest BCUT2D eigenvalue weighted by Crippen LogP contribution is -2.49. The molecule has 0 heterocycles. The molecule has 1 aliphatic rings. The standard InChI is InChI=1S/C15H22FNO2/c1-17-15(11-18)9-2-3-12(15)8-10-19-14-6-4-13(16)5-7-14/h4-7,12,17-18H,2-3,8-11H2,1H3. The van der Waals surface area contributed by atoms with E-state index in [2.05, 4.69) is 5.32 Å². The normalized spacial score (nSPS) is 26.6. The van der Waals surface area contributed by atoms with Gasteiger partial charge in [-0.2, -0.15) is 0 Å². The Morgan fingerprint density at radius 1 is 1.42 bits per heavy atom. The number of halogens is 1. The number of rotatable bonds is 6. The van der Waals surface area contributed by atoms with Gasteiger partial charge in [0.25, 0.3) is 0 Å². The van der Waals surface area contributed by atoms with Crippen molar-refractivity contribution in [3.63, 3.8) is 0 Å². The zero-order chi connectivity index (χ0) is 13.7. The highest BCUT2D eigenvalue weighted by Gasteiger charge is 2.40. The van der Waals surface area contributed by atoms with E-state index in [0.717, 1.165) is 25.7 Å². The molecule has 0 amide bonds. The van der Waals surface area contributed by atoms with E-state index >= 15 is 0 Å². The summed E-state index contributed by atoms with van der Waals surface area (Å²) in [5.41, 5.74) is -0.147. The first kappa shape index (κ1) is 14.3. The maximum atomic E-state index is 12.8. The molecule has 0 saturated heterocycles. The highest BCUT2D eigenvalue weighted by molar-refractivity contribution is 5.22. The maximum Gasteiger partial charge on any atom is 0.123 e. The SMILES string of the molecule is CNC1(CO)CCCC1CCOc1ccc(F)cc1. The molecule has 2 rings (SSSR count). The van der Waals surface area contributed by atoms with Gasteiger partial charge < -0.3 is 15.2 Å². The third-order valence-electron chi connectivity index (χ3n) is 4.29. The number of aliphatic hydroxyl groups is 1. The van der Waals surface area contributed by atoms with Crippen molar-refractivity contribution >= 4 is 0 Å². The molecule has 1 saturated carbocycles. The van der Waals surface area contributed by atoms with E-state index in [-0.39, 0.29) is 18.0 Å². The molecule has 0 spiro atoms. The van der Waals surface area contributed by atoms with Crippen LogP contribution in [0.2, 0.25) is 0 Å². The summed E-state index contributed by atoms with van der Waals surface area (Å²) in [5, 5.41) is 12.9. The predicted octanol–water partition coefficient (Wildman–Crippen LogP) is 2.35. The number of likely N-dealkylation sites (N-methyl/N-ethyl adjacent to an activating group) is 1. The highest BCUT2D eigenvalue weighted by atomic mass is 19.1. The van der Waals surface area contributed by atoms with Gasteiger partial charge in [-0.3, -0.25) is 0 Å². The summed E-state index contributed by atoms with van der Waals surface area (Å²) in [7, 11) is 1.91. The Balaban J connectivity index is 1.83. The van der Waals surface area contributed by atoms with Crippen LogP contribution in [0.25, 0.3) is 0 Å². The van der Waals surface area contributed by atoms with Gasteiger partial charge in [-0.05, 0) is 56.5 Å². The molecule has 0 bridgehead atoms. The van der Waals surface area contributed by atoms with Crippen LogP contribution in [-0.2, 0) is 0 Å². The van der Waals surface area contributed by atoms with Gasteiger partial charge in [-0.25, -0.2) is 4.39 Å². The van der Waals surface area contributed by atoms with Crippen molar-refractivity contribution in [3.05, 3.63) is 30.1 Å². The molecule has 2 atom stereocenters. The first-order valence-electron chi connectivity index (χ1n) is 6.88. The van der Waals surface area contributed by atoms with Crippen LogP contribution in [0.15, 0.2) is 24.3 Å². The van der Waals surface area contributed by atoms with E-state index in [1.54, 1.807) is 12.1 Å². The van der Waals surface area contributed by atoms with Crippen LogP contribution in [0.1, 0.15) is 25.7 Å². The number of aliphatic hydroxyl groups excluding tert-OH is 1. The predicted molar refractivity (Wildman–Crippen MR) is 72.7 cm³/mol. The second-order valence-electron chi connectivity index (χ2n) is 5.24. The van der Waals surface area contributed by atoms with Crippen LogP contribution in [-0.4, -0.2) is 30.9 Å². The highest BCUT2D eigenvalue weighted by Crippen LogP contribution is 2.37. The van der Waals surface area contributed by atoms with E-state index in [0.29, 0.717) is 18.3 Å². The third kappa shape index (κ3) is 3.25. The molecule has 3 nitrogen and oxygen atoms in total. The lowest BCUT2D eigenvalue weighted by molar-refractivity contribution is 0.117. The summed E-state index contributed by atoms with van der Waals surface area (Å²) in [6.07, 6.45) is 4.18. The molecule has 4 heteroatoms. The van der Waals surface area contributed by atoms with Crippen LogP contribution < -0.4 is 10.1 Å². The molecule has 106 valence electrons. The van der Waals surface area contributed by atoms with Crippen molar-refractivity contribution in [1.29, 1.82) is 0 Å². The Labute approximate surface area is 113 Å². The zero-order valence-electron chi connectivity index (χ0n) is 11.4. The minimum Gasteiger partial charge on any atom is -0.494 e. The molecule has 2 unspecified atom stereocenters. The molecule has 1 fully saturated rings. The topological polar surface area (TPSA) is 41.5 Å². The first-order valence-corrected chi connectivity index (χ1v) is 6.88. The number of nitrogens with one attached hydrogen (secondary N) is 1. The van der Waals surface area contributed by atoms with Crippen molar-refractivity contribution in [2.75, 3.05) is 20.3 Å². The average molecular weight is 267 g/mol. The monoisotopic (exact) mass is 267 g/mol. The maximum absolute atomic E-state index is 12.8. The fraction of sp³-hybridized carbons (Fsp3) is 0.600. The van der Waals surface area contributed by atoms with Gasteiger partial charge in [0.2, 0.25) is 0 Å². The van der Waals surface area contributed by atoms with Crippen molar-refractivity contribution in [3.8, 4) is 5.75 Å². The second kappa shape index (κ2) is 6.35. The van der Waals surface area contributed by atoms with Gasteiger partial charge >= 0.3 is 0 Å². The molecule has 19 heavy (non-hydrogen) atoms. The number of benzene rings is 1. The Bertz CT molecular complexity index is 390. The lowest BCUT2D eigenvalue weighted by Gasteiger charge is -2.33. The molecule has 0 radical (unpaired) electrons. The largest absolute Gasteiger partial charge is 0.494 e. The van der Waals surface area contributed by atoms with Crippen molar-refractivity contribution in [1.82, 2.24) is 5.32 Å². The summed E-state index contributed by atoms with van der Waals surface area (Å²) in [4.78, 5) is 0. The van der Waals surface area contributed by atoms with E-state index in [9.17, 15) is 9.50 Å². The van der Waals surface area contributed by atoms with Gasteiger partial charge in [-0.15, -0.1) is 0 Å². The average Bonchev–Trinajstić information content (AvgIpc) is 2.84. The first-order chi connectivity index (χ1) is 9.20. The Morgan fingerprint density at radius 2 is 2.16 bits per heavy atom. The molecule has 0 aromatic heterocycles. The van der Waals surface area contributed by atoms with Gasteiger partial charge in [-0.1, -0.05) is 6.42 Å². The van der Waals surface area contributed by atoms with Gasteiger partial charge in [0.1, 0.15) is 11.6 Å². The smallest absolute Gasteiger partial charge is 0.123 e. The van der Waals surface area contributed by atoms with Gasteiger partial charge in [0.15, 0.2) is 0 Å². The summed E-state index contributed by atoms with van der Waals surface area (Å²) in [5.74, 6) is 0.874. The lowest BCUT2D eigenvalue weighted by atomic mass is 9.86. The minimum absolute atomic E-state index is 0.147. The Morgan fingerprint density at radius 3 is 2.79 bits per heavy atom. The molecular weight excluding hydrogens is 245 g/mol. The summed E-state index contributed by atoms with van der Waals surface area (Å²) in [6, 6.07) is 6.08. The molecule has 0 aliphatic heterocycles. The van der Waals surface area contributed by atoms with E-state index in [1.165, 1.54) is 12.1 Å². The Kier molecular flexibility index (Phi) is 4.77. The van der Waals surface area contributed by atoms with Crippen molar-refractivity contribution in [2.45, 2.75) is 31.2 Å². The molecule has 1 aliphatic carbocycles. The van der Waals surface area contributed by atoms with Crippen LogP contribution >= 0.6 is 0 Å². The zero-order valence-corrected chi connectivity index (χ0v) is 11.4. The Hall–Kier alpha value is -1.13.